The number of para-hydroxylation sites is 4. The molecule has 0 aliphatic heterocycles. The minimum Gasteiger partial charge on any atom is -0.455 e. The molecule has 1 aliphatic rings. The van der Waals surface area contributed by atoms with E-state index < -0.39 is 0 Å². The molecule has 2 heterocycles. The molecule has 0 saturated heterocycles. The molecule has 9 aromatic carbocycles. The van der Waals surface area contributed by atoms with Crippen LogP contribution in [0.4, 0.5) is 0 Å². The van der Waals surface area contributed by atoms with Gasteiger partial charge in [-0.25, -0.2) is 0 Å². The first-order valence-corrected chi connectivity index (χ1v) is 19.3. The van der Waals surface area contributed by atoms with Crippen LogP contribution in [0.3, 0.4) is 0 Å². The number of fused-ring (bicyclic) bond motifs is 14. The summed E-state index contributed by atoms with van der Waals surface area (Å²) in [6.07, 6.45) is 0. The first-order valence-electron chi connectivity index (χ1n) is 19.3. The van der Waals surface area contributed by atoms with E-state index in [1.165, 1.54) is 83.1 Å². The highest BCUT2D eigenvalue weighted by Crippen LogP contribution is 2.50. The van der Waals surface area contributed by atoms with Crippen molar-refractivity contribution in [2.75, 3.05) is 0 Å². The summed E-state index contributed by atoms with van der Waals surface area (Å²) in [5.74, 6) is 0. The van der Waals surface area contributed by atoms with Crippen molar-refractivity contribution < 1.29 is 4.42 Å². The maximum Gasteiger partial charge on any atom is 0.143 e. The van der Waals surface area contributed by atoms with Gasteiger partial charge in [0, 0.05) is 32.8 Å². The normalized spacial score (nSPS) is 11.9. The van der Waals surface area contributed by atoms with E-state index in [0.717, 1.165) is 33.1 Å². The second-order valence-corrected chi connectivity index (χ2v) is 14.8. The summed E-state index contributed by atoms with van der Waals surface area (Å²) in [5, 5.41) is 4.78. The van der Waals surface area contributed by atoms with Gasteiger partial charge in [0.1, 0.15) is 11.2 Å². The Morgan fingerprint density at radius 2 is 0.786 bits per heavy atom. The van der Waals surface area contributed by atoms with Crippen LogP contribution in [0.15, 0.2) is 205 Å². The van der Waals surface area contributed by atoms with E-state index in [2.05, 4.69) is 199 Å². The molecule has 260 valence electrons. The third kappa shape index (κ3) is 4.57. The molecule has 0 N–H and O–H groups in total. The van der Waals surface area contributed by atoms with Gasteiger partial charge >= 0.3 is 0 Å². The summed E-state index contributed by atoms with van der Waals surface area (Å²) in [6.45, 7) is 0. The highest BCUT2D eigenvalue weighted by molar-refractivity contribution is 6.12. The fourth-order valence-electron chi connectivity index (χ4n) is 9.24. The number of rotatable bonds is 3. The van der Waals surface area contributed by atoms with Crippen molar-refractivity contribution in [3.63, 3.8) is 0 Å². The van der Waals surface area contributed by atoms with Crippen LogP contribution in [0.25, 0.3) is 116 Å². The minimum absolute atomic E-state index is 0.910. The van der Waals surface area contributed by atoms with Crippen molar-refractivity contribution in [3.05, 3.63) is 200 Å². The molecule has 0 amide bonds. The van der Waals surface area contributed by atoms with E-state index >= 15 is 0 Å². The summed E-state index contributed by atoms with van der Waals surface area (Å²) in [6, 6.07) is 73.0. The van der Waals surface area contributed by atoms with Gasteiger partial charge in [0.25, 0.3) is 0 Å². The lowest BCUT2D eigenvalue weighted by molar-refractivity contribution is 0.670. The number of furan rings is 1. The maximum atomic E-state index is 6.55. The monoisotopic (exact) mass is 711 g/mol. The van der Waals surface area contributed by atoms with Gasteiger partial charge < -0.3 is 8.98 Å². The molecule has 0 fully saturated rings. The Bertz CT molecular complexity index is 3360. The van der Waals surface area contributed by atoms with Crippen LogP contribution >= 0.6 is 0 Å². The molecule has 1 aliphatic carbocycles. The average molecular weight is 712 g/mol. The Balaban J connectivity index is 1.09. The summed E-state index contributed by atoms with van der Waals surface area (Å²) in [5.41, 5.74) is 19.8. The SMILES string of the molecule is c1ccc(-n2c3ccccc3c3cc(-c4ccc5c(c4)-c4ccc(-c6cccc7c6oc6ccccc67)cc4-c4ccccc4-c4ccccc4-5)ccc32)cc1. The highest BCUT2D eigenvalue weighted by Gasteiger charge is 2.24. The molecule has 2 heteroatoms. The standard InChI is InChI=1S/C54H33NO/c1-2-13-37(14-3-1)55-51-23-10-8-19-45(51)50-32-35(27-30-52(50)55)34-25-28-43-41-17-5-4-15-39(41)40-16-6-7-18-42(40)49-33-36(26-29-44(49)48(43)31-34)38-21-12-22-47-46-20-9-11-24-53(46)56-54(38)47/h1-33H. The minimum atomic E-state index is 0.910. The van der Waals surface area contributed by atoms with Gasteiger partial charge in [0.05, 0.1) is 11.0 Å². The molecule has 0 saturated carbocycles. The third-order valence-electron chi connectivity index (χ3n) is 11.8. The number of aromatic nitrogens is 1. The smallest absolute Gasteiger partial charge is 0.143 e. The molecule has 2 nitrogen and oxygen atoms in total. The fraction of sp³-hybridized carbons (Fsp3) is 0. The zero-order chi connectivity index (χ0) is 36.7. The number of hydrogen-bond acceptors (Lipinski definition) is 1. The zero-order valence-corrected chi connectivity index (χ0v) is 30.4. The first-order chi connectivity index (χ1) is 27.8. The molecule has 0 unspecified atom stereocenters. The van der Waals surface area contributed by atoms with E-state index in [0.29, 0.717) is 0 Å². The highest BCUT2D eigenvalue weighted by atomic mass is 16.3. The Labute approximate surface area is 324 Å². The number of nitrogens with zero attached hydrogens (tertiary/aromatic N) is 1. The van der Waals surface area contributed by atoms with Crippen molar-refractivity contribution in [1.29, 1.82) is 0 Å². The van der Waals surface area contributed by atoms with E-state index in [-0.39, 0.29) is 0 Å². The van der Waals surface area contributed by atoms with Gasteiger partial charge in [-0.3, -0.25) is 0 Å². The van der Waals surface area contributed by atoms with Gasteiger partial charge in [-0.05, 0) is 110 Å². The fourth-order valence-corrected chi connectivity index (χ4v) is 9.24. The van der Waals surface area contributed by atoms with E-state index in [4.69, 9.17) is 4.42 Å². The lowest BCUT2D eigenvalue weighted by Gasteiger charge is -2.24. The van der Waals surface area contributed by atoms with Crippen LogP contribution in [-0.2, 0) is 0 Å². The van der Waals surface area contributed by atoms with Crippen molar-refractivity contribution in [3.8, 4) is 72.4 Å². The molecule has 0 atom stereocenters. The maximum absolute atomic E-state index is 6.55. The largest absolute Gasteiger partial charge is 0.455 e. The summed E-state index contributed by atoms with van der Waals surface area (Å²) >= 11 is 0. The first kappa shape index (κ1) is 31.0. The van der Waals surface area contributed by atoms with Crippen LogP contribution in [0.1, 0.15) is 0 Å². The third-order valence-corrected chi connectivity index (χ3v) is 11.8. The van der Waals surface area contributed by atoms with E-state index in [9.17, 15) is 0 Å². The molecule has 56 heavy (non-hydrogen) atoms. The van der Waals surface area contributed by atoms with Gasteiger partial charge in [-0.2, -0.15) is 0 Å². The zero-order valence-electron chi connectivity index (χ0n) is 30.4. The van der Waals surface area contributed by atoms with Gasteiger partial charge in [-0.1, -0.05) is 152 Å². The second kappa shape index (κ2) is 12.0. The predicted molar refractivity (Wildman–Crippen MR) is 234 cm³/mol. The lowest BCUT2D eigenvalue weighted by Crippen LogP contribution is -1.98. The number of benzene rings is 9. The Kier molecular flexibility index (Phi) is 6.66. The summed E-state index contributed by atoms with van der Waals surface area (Å²) in [7, 11) is 0. The van der Waals surface area contributed by atoms with Crippen molar-refractivity contribution >= 4 is 43.7 Å². The van der Waals surface area contributed by atoms with Crippen molar-refractivity contribution in [2.45, 2.75) is 0 Å². The summed E-state index contributed by atoms with van der Waals surface area (Å²) < 4.78 is 8.92. The average Bonchev–Trinajstić information content (AvgIpc) is 3.82. The molecule has 0 radical (unpaired) electrons. The van der Waals surface area contributed by atoms with Gasteiger partial charge in [0.15, 0.2) is 0 Å². The Morgan fingerprint density at radius 3 is 1.55 bits per heavy atom. The topological polar surface area (TPSA) is 18.1 Å². The second-order valence-electron chi connectivity index (χ2n) is 14.8. The van der Waals surface area contributed by atoms with Crippen LogP contribution in [0.2, 0.25) is 0 Å². The van der Waals surface area contributed by atoms with Crippen molar-refractivity contribution in [2.24, 2.45) is 0 Å². The van der Waals surface area contributed by atoms with Crippen LogP contribution in [-0.4, -0.2) is 4.57 Å². The van der Waals surface area contributed by atoms with Crippen LogP contribution < -0.4 is 0 Å². The number of hydrogen-bond donors (Lipinski definition) is 0. The molecule has 11 aromatic rings. The van der Waals surface area contributed by atoms with Crippen molar-refractivity contribution in [1.82, 2.24) is 4.57 Å². The molecule has 0 spiro atoms. The molecule has 12 rings (SSSR count). The summed E-state index contributed by atoms with van der Waals surface area (Å²) in [4.78, 5) is 0. The van der Waals surface area contributed by atoms with Gasteiger partial charge in [-0.15, -0.1) is 0 Å². The van der Waals surface area contributed by atoms with E-state index in [1.807, 2.05) is 6.07 Å². The molecule has 2 aromatic heterocycles. The quantitative estimate of drug-likeness (QED) is 0.178. The van der Waals surface area contributed by atoms with Crippen LogP contribution in [0.5, 0.6) is 0 Å². The van der Waals surface area contributed by atoms with Crippen LogP contribution in [0, 0.1) is 0 Å². The molecule has 0 bridgehead atoms. The molecular formula is C54H33NO. The van der Waals surface area contributed by atoms with E-state index in [1.54, 1.807) is 0 Å². The van der Waals surface area contributed by atoms with Gasteiger partial charge in [0.2, 0.25) is 0 Å². The lowest BCUT2D eigenvalue weighted by atomic mass is 9.79. The predicted octanol–water partition coefficient (Wildman–Crippen LogP) is 15.0. The Morgan fingerprint density at radius 1 is 0.286 bits per heavy atom. The Hall–Kier alpha value is -7.42. The molecular weight excluding hydrogens is 679 g/mol.